The van der Waals surface area contributed by atoms with Crippen molar-refractivity contribution >= 4 is 15.9 Å². The first-order valence-corrected chi connectivity index (χ1v) is 7.42. The van der Waals surface area contributed by atoms with Gasteiger partial charge in [0.25, 0.3) is 0 Å². The Morgan fingerprint density at radius 3 is 2.69 bits per heavy atom. The molecule has 2 nitrogen and oxygen atoms in total. The van der Waals surface area contributed by atoms with Gasteiger partial charge in [0.05, 0.1) is 11.7 Å². The fraction of sp³-hybridized carbons (Fsp3) is 1.00. The Morgan fingerprint density at radius 2 is 2.12 bits per heavy atom. The van der Waals surface area contributed by atoms with Crippen LogP contribution in [0.15, 0.2) is 0 Å². The molecule has 3 unspecified atom stereocenters. The molecule has 0 aliphatic carbocycles. The molecule has 0 aromatic heterocycles. The third kappa shape index (κ3) is 3.21. The number of hydrogen-bond acceptors (Lipinski definition) is 2. The molecule has 3 atom stereocenters. The highest BCUT2D eigenvalue weighted by atomic mass is 79.9. The van der Waals surface area contributed by atoms with Crippen molar-refractivity contribution < 1.29 is 4.74 Å². The number of hydrogen-bond donors (Lipinski definition) is 0. The Balaban J connectivity index is 1.78. The number of likely N-dealkylation sites (tertiary alicyclic amines) is 1. The van der Waals surface area contributed by atoms with Crippen molar-refractivity contribution in [2.24, 2.45) is 5.92 Å². The van der Waals surface area contributed by atoms with Gasteiger partial charge in [-0.2, -0.15) is 0 Å². The van der Waals surface area contributed by atoms with E-state index in [1.54, 1.807) is 0 Å². The predicted octanol–water partition coefficient (Wildman–Crippen LogP) is 3.05. The molecule has 94 valence electrons. The predicted molar refractivity (Wildman–Crippen MR) is 71.1 cm³/mol. The number of piperidine rings is 1. The van der Waals surface area contributed by atoms with Crippen molar-refractivity contribution in [3.05, 3.63) is 0 Å². The van der Waals surface area contributed by atoms with Gasteiger partial charge in [-0.05, 0) is 45.6 Å². The Labute approximate surface area is 108 Å². The highest BCUT2D eigenvalue weighted by Gasteiger charge is 2.34. The van der Waals surface area contributed by atoms with Crippen LogP contribution < -0.4 is 0 Å². The van der Waals surface area contributed by atoms with Crippen LogP contribution in [0.3, 0.4) is 0 Å². The van der Waals surface area contributed by atoms with Crippen LogP contribution in [0.4, 0.5) is 0 Å². The lowest BCUT2D eigenvalue weighted by molar-refractivity contribution is -0.0312. The molecule has 2 fully saturated rings. The highest BCUT2D eigenvalue weighted by molar-refractivity contribution is 9.09. The Morgan fingerprint density at radius 1 is 1.38 bits per heavy atom. The minimum Gasteiger partial charge on any atom is -0.371 e. The zero-order chi connectivity index (χ0) is 11.8. The second-order valence-corrected chi connectivity index (χ2v) is 7.26. The van der Waals surface area contributed by atoms with Crippen LogP contribution in [0.2, 0.25) is 0 Å². The molecule has 0 aromatic carbocycles. The normalized spacial score (nSPS) is 40.1. The molecule has 2 aliphatic rings. The van der Waals surface area contributed by atoms with Crippen molar-refractivity contribution in [3.8, 4) is 0 Å². The van der Waals surface area contributed by atoms with Gasteiger partial charge in [0.1, 0.15) is 0 Å². The third-order valence-corrected chi connectivity index (χ3v) is 5.16. The molecule has 0 N–H and O–H groups in total. The van der Waals surface area contributed by atoms with E-state index >= 15 is 0 Å². The summed E-state index contributed by atoms with van der Waals surface area (Å²) in [5, 5.41) is 0. The highest BCUT2D eigenvalue weighted by Crippen LogP contribution is 2.31. The number of rotatable bonds is 2. The molecule has 0 spiro atoms. The molecule has 0 bridgehead atoms. The van der Waals surface area contributed by atoms with Crippen molar-refractivity contribution in [2.75, 3.05) is 19.6 Å². The standard InChI is InChI=1S/C13H24BrNO/c1-10-5-7-15(9-12(10)14)8-11-4-6-13(2,3)16-11/h10-12H,4-9H2,1-3H3. The van der Waals surface area contributed by atoms with Crippen LogP contribution in [0.25, 0.3) is 0 Å². The lowest BCUT2D eigenvalue weighted by Crippen LogP contribution is -2.43. The van der Waals surface area contributed by atoms with Gasteiger partial charge in [0, 0.05) is 17.9 Å². The van der Waals surface area contributed by atoms with Gasteiger partial charge in [-0.15, -0.1) is 0 Å². The van der Waals surface area contributed by atoms with Crippen molar-refractivity contribution in [2.45, 2.75) is 56.6 Å². The zero-order valence-electron chi connectivity index (χ0n) is 10.7. The van der Waals surface area contributed by atoms with Crippen LogP contribution in [-0.2, 0) is 4.74 Å². The fourth-order valence-corrected chi connectivity index (χ4v) is 3.42. The maximum absolute atomic E-state index is 6.06. The first-order valence-electron chi connectivity index (χ1n) is 6.50. The third-order valence-electron chi connectivity index (χ3n) is 3.97. The first-order chi connectivity index (χ1) is 7.46. The number of nitrogens with zero attached hydrogens (tertiary/aromatic N) is 1. The van der Waals surface area contributed by atoms with E-state index in [4.69, 9.17) is 4.74 Å². The van der Waals surface area contributed by atoms with Gasteiger partial charge in [-0.3, -0.25) is 4.90 Å². The van der Waals surface area contributed by atoms with Gasteiger partial charge in [0.15, 0.2) is 0 Å². The molecule has 2 rings (SSSR count). The topological polar surface area (TPSA) is 12.5 Å². The molecular weight excluding hydrogens is 266 g/mol. The summed E-state index contributed by atoms with van der Waals surface area (Å²) in [7, 11) is 0. The molecule has 0 radical (unpaired) electrons. The largest absolute Gasteiger partial charge is 0.371 e. The fourth-order valence-electron chi connectivity index (χ4n) is 2.74. The van der Waals surface area contributed by atoms with Crippen LogP contribution >= 0.6 is 15.9 Å². The molecule has 0 amide bonds. The SMILES string of the molecule is CC1CCN(CC2CCC(C)(C)O2)CC1Br. The number of alkyl halides is 1. The molecule has 3 heteroatoms. The Hall–Kier alpha value is 0.400. The van der Waals surface area contributed by atoms with E-state index in [1.165, 1.54) is 32.4 Å². The van der Waals surface area contributed by atoms with Gasteiger partial charge in [-0.25, -0.2) is 0 Å². The molecular formula is C13H24BrNO. The molecule has 0 saturated carbocycles. The zero-order valence-corrected chi connectivity index (χ0v) is 12.3. The van der Waals surface area contributed by atoms with Gasteiger partial charge in [0.2, 0.25) is 0 Å². The van der Waals surface area contributed by atoms with E-state index in [-0.39, 0.29) is 5.60 Å². The smallest absolute Gasteiger partial charge is 0.0710 e. The average molecular weight is 290 g/mol. The number of ether oxygens (including phenoxy) is 1. The van der Waals surface area contributed by atoms with E-state index < -0.39 is 0 Å². The summed E-state index contributed by atoms with van der Waals surface area (Å²) in [5.41, 5.74) is 0.113. The van der Waals surface area contributed by atoms with Crippen LogP contribution in [0.1, 0.15) is 40.0 Å². The summed E-state index contributed by atoms with van der Waals surface area (Å²) in [6.45, 7) is 10.3. The van der Waals surface area contributed by atoms with Crippen molar-refractivity contribution in [3.63, 3.8) is 0 Å². The summed E-state index contributed by atoms with van der Waals surface area (Å²) >= 11 is 3.78. The summed E-state index contributed by atoms with van der Waals surface area (Å²) in [6.07, 6.45) is 4.21. The quantitative estimate of drug-likeness (QED) is 0.725. The Bertz CT molecular complexity index is 244. The second kappa shape index (κ2) is 4.95. The molecule has 2 heterocycles. The van der Waals surface area contributed by atoms with Crippen LogP contribution in [0, 0.1) is 5.92 Å². The molecule has 2 aliphatic heterocycles. The van der Waals surface area contributed by atoms with E-state index in [0.29, 0.717) is 10.9 Å². The van der Waals surface area contributed by atoms with Gasteiger partial charge < -0.3 is 4.74 Å². The summed E-state index contributed by atoms with van der Waals surface area (Å²) in [5.74, 6) is 0.817. The number of halogens is 1. The van der Waals surface area contributed by atoms with E-state index in [1.807, 2.05) is 0 Å². The summed E-state index contributed by atoms with van der Waals surface area (Å²) < 4.78 is 6.06. The van der Waals surface area contributed by atoms with Gasteiger partial charge >= 0.3 is 0 Å². The molecule has 0 aromatic rings. The second-order valence-electron chi connectivity index (χ2n) is 6.08. The summed E-state index contributed by atoms with van der Waals surface area (Å²) in [6, 6.07) is 0. The lowest BCUT2D eigenvalue weighted by atomic mass is 9.98. The monoisotopic (exact) mass is 289 g/mol. The van der Waals surface area contributed by atoms with E-state index in [9.17, 15) is 0 Å². The van der Waals surface area contributed by atoms with Crippen LogP contribution in [0.5, 0.6) is 0 Å². The van der Waals surface area contributed by atoms with Gasteiger partial charge in [-0.1, -0.05) is 22.9 Å². The lowest BCUT2D eigenvalue weighted by Gasteiger charge is -2.35. The van der Waals surface area contributed by atoms with E-state index in [2.05, 4.69) is 41.6 Å². The van der Waals surface area contributed by atoms with Crippen molar-refractivity contribution in [1.29, 1.82) is 0 Å². The van der Waals surface area contributed by atoms with E-state index in [0.717, 1.165) is 12.5 Å². The van der Waals surface area contributed by atoms with Crippen molar-refractivity contribution in [1.82, 2.24) is 4.90 Å². The maximum atomic E-state index is 6.06. The summed E-state index contributed by atoms with van der Waals surface area (Å²) in [4.78, 5) is 3.22. The first kappa shape index (κ1) is 12.8. The molecule has 2 saturated heterocycles. The minimum atomic E-state index is 0.113. The maximum Gasteiger partial charge on any atom is 0.0710 e. The van der Waals surface area contributed by atoms with Crippen LogP contribution in [-0.4, -0.2) is 41.1 Å². The minimum absolute atomic E-state index is 0.113. The molecule has 16 heavy (non-hydrogen) atoms. The Kier molecular flexibility index (Phi) is 3.97. The average Bonchev–Trinajstić information content (AvgIpc) is 2.52.